The molecule has 22 heavy (non-hydrogen) atoms. The number of phenolic OH excluding ortho intramolecular Hbond substituents is 1. The summed E-state index contributed by atoms with van der Waals surface area (Å²) in [6.45, 7) is 3.63. The molecular weight excluding hydrogens is 290 g/mol. The summed E-state index contributed by atoms with van der Waals surface area (Å²) < 4.78 is 5.41. The fraction of sp³-hybridized carbons (Fsp3) is 0.286. The number of hydrogen-bond donors (Lipinski definition) is 1. The summed E-state index contributed by atoms with van der Waals surface area (Å²) >= 11 is 0. The summed E-state index contributed by atoms with van der Waals surface area (Å²) in [5, 5.41) is 21.0. The van der Waals surface area contributed by atoms with E-state index < -0.39 is 16.4 Å². The van der Waals surface area contributed by atoms with E-state index >= 15 is 0 Å². The molecule has 1 amide bonds. The predicted octanol–water partition coefficient (Wildman–Crippen LogP) is 1.82. The predicted molar refractivity (Wildman–Crippen MR) is 79.0 cm³/mol. The second kappa shape index (κ2) is 6.25. The van der Waals surface area contributed by atoms with E-state index in [0.29, 0.717) is 17.7 Å². The van der Waals surface area contributed by atoms with Gasteiger partial charge in [0.25, 0.3) is 0 Å². The summed E-state index contributed by atoms with van der Waals surface area (Å²) in [5.41, 5.74) is 0.443. The van der Waals surface area contributed by atoms with Gasteiger partial charge in [0, 0.05) is 17.8 Å². The highest BCUT2D eigenvalue weighted by atomic mass is 16.6. The molecular formula is C14H15N3O5. The van der Waals surface area contributed by atoms with Crippen molar-refractivity contribution in [2.75, 3.05) is 6.67 Å². The van der Waals surface area contributed by atoms with Gasteiger partial charge in [-0.1, -0.05) is 0 Å². The van der Waals surface area contributed by atoms with Crippen LogP contribution in [-0.4, -0.2) is 39.8 Å². The van der Waals surface area contributed by atoms with Crippen LogP contribution in [0, 0.1) is 10.1 Å². The van der Waals surface area contributed by atoms with E-state index in [-0.39, 0.29) is 18.5 Å². The number of allylic oxidation sites excluding steroid dienone is 1. The van der Waals surface area contributed by atoms with Crippen LogP contribution in [0.15, 0.2) is 29.4 Å². The molecule has 8 heteroatoms. The van der Waals surface area contributed by atoms with Crippen LogP contribution in [0.2, 0.25) is 0 Å². The highest BCUT2D eigenvalue weighted by Gasteiger charge is 2.22. The number of nitro groups is 1. The highest BCUT2D eigenvalue weighted by molar-refractivity contribution is 6.10. The minimum atomic E-state index is -0.684. The molecule has 0 atom stereocenters. The maximum Gasteiger partial charge on any atom is 0.315 e. The van der Waals surface area contributed by atoms with Crippen molar-refractivity contribution < 1.29 is 19.6 Å². The van der Waals surface area contributed by atoms with Crippen molar-refractivity contribution in [1.29, 1.82) is 0 Å². The number of aromatic hydroxyl groups is 1. The molecule has 1 aromatic rings. The largest absolute Gasteiger partial charge is 0.500 e. The number of carbonyl (C=O) groups excluding carboxylic acids is 1. The molecule has 116 valence electrons. The van der Waals surface area contributed by atoms with Gasteiger partial charge < -0.3 is 14.7 Å². The Bertz CT molecular complexity index is 667. The van der Waals surface area contributed by atoms with Gasteiger partial charge in [0.05, 0.1) is 16.7 Å². The Kier molecular flexibility index (Phi) is 4.40. The normalized spacial score (nSPS) is 14.0. The number of amides is 1. The van der Waals surface area contributed by atoms with E-state index in [9.17, 15) is 20.0 Å². The van der Waals surface area contributed by atoms with Crippen molar-refractivity contribution in [2.24, 2.45) is 4.99 Å². The first-order valence-electron chi connectivity index (χ1n) is 6.54. The molecule has 0 fully saturated rings. The van der Waals surface area contributed by atoms with E-state index in [2.05, 4.69) is 4.99 Å². The van der Waals surface area contributed by atoms with Crippen LogP contribution < -0.4 is 4.74 Å². The van der Waals surface area contributed by atoms with Crippen LogP contribution >= 0.6 is 0 Å². The Hall–Kier alpha value is -2.90. The van der Waals surface area contributed by atoms with Crippen LogP contribution in [0.1, 0.15) is 19.4 Å². The number of nitro benzene ring substituents is 1. The number of phenols is 1. The Morgan fingerprint density at radius 2 is 2.23 bits per heavy atom. The van der Waals surface area contributed by atoms with Crippen LogP contribution in [0.25, 0.3) is 0 Å². The van der Waals surface area contributed by atoms with Crippen LogP contribution in [0.3, 0.4) is 0 Å². The van der Waals surface area contributed by atoms with Crippen molar-refractivity contribution in [1.82, 2.24) is 4.90 Å². The number of carbonyl (C=O) groups is 1. The van der Waals surface area contributed by atoms with E-state index in [1.807, 2.05) is 0 Å². The fourth-order valence-electron chi connectivity index (χ4n) is 1.90. The third kappa shape index (κ3) is 3.22. The van der Waals surface area contributed by atoms with E-state index in [1.165, 1.54) is 23.2 Å². The first-order valence-corrected chi connectivity index (χ1v) is 6.54. The van der Waals surface area contributed by atoms with Gasteiger partial charge in [-0.3, -0.25) is 19.9 Å². The third-order valence-corrected chi connectivity index (χ3v) is 2.87. The zero-order chi connectivity index (χ0) is 16.3. The Labute approximate surface area is 126 Å². The maximum absolute atomic E-state index is 11.1. The Morgan fingerprint density at radius 1 is 1.50 bits per heavy atom. The second-order valence-electron chi connectivity index (χ2n) is 4.89. The SMILES string of the molecule is CC(C)Oc1cc(C2=NCN(C=O)C=C2)cc([N+](=O)[O-])c1O. The standard InChI is InChI=1S/C14H15N3O5/c1-9(2)22-13-6-10(5-12(14(13)19)17(20)21)11-3-4-16(8-18)7-15-11/h3-6,8-9,19H,7H2,1-2H3. The minimum Gasteiger partial charge on any atom is -0.500 e. The first-order chi connectivity index (χ1) is 10.4. The average Bonchev–Trinajstić information content (AvgIpc) is 2.48. The van der Waals surface area contributed by atoms with Crippen molar-refractivity contribution in [3.05, 3.63) is 40.1 Å². The molecule has 0 radical (unpaired) electrons. The van der Waals surface area contributed by atoms with Crippen molar-refractivity contribution in [3.8, 4) is 11.5 Å². The zero-order valence-electron chi connectivity index (χ0n) is 12.1. The van der Waals surface area contributed by atoms with Gasteiger partial charge in [0.2, 0.25) is 12.2 Å². The summed E-state index contributed by atoms with van der Waals surface area (Å²) in [6.07, 6.45) is 3.46. The molecule has 1 heterocycles. The lowest BCUT2D eigenvalue weighted by Gasteiger charge is -2.16. The van der Waals surface area contributed by atoms with Gasteiger partial charge in [0.15, 0.2) is 5.75 Å². The van der Waals surface area contributed by atoms with Crippen LogP contribution in [0.4, 0.5) is 5.69 Å². The van der Waals surface area contributed by atoms with Gasteiger partial charge in [-0.25, -0.2) is 0 Å². The van der Waals surface area contributed by atoms with Gasteiger partial charge in [0.1, 0.15) is 6.67 Å². The molecule has 0 saturated carbocycles. The van der Waals surface area contributed by atoms with Gasteiger partial charge in [-0.05, 0) is 26.0 Å². The molecule has 0 saturated heterocycles. The summed E-state index contributed by atoms with van der Waals surface area (Å²) in [7, 11) is 0. The van der Waals surface area contributed by atoms with Gasteiger partial charge in [-0.15, -0.1) is 0 Å². The highest BCUT2D eigenvalue weighted by Crippen LogP contribution is 2.38. The van der Waals surface area contributed by atoms with E-state index in [1.54, 1.807) is 19.9 Å². The quantitative estimate of drug-likeness (QED) is 0.507. The summed E-state index contributed by atoms with van der Waals surface area (Å²) in [4.78, 5) is 26.5. The van der Waals surface area contributed by atoms with E-state index in [4.69, 9.17) is 4.74 Å². The lowest BCUT2D eigenvalue weighted by Crippen LogP contribution is -2.20. The zero-order valence-corrected chi connectivity index (χ0v) is 12.1. The maximum atomic E-state index is 11.1. The van der Waals surface area contributed by atoms with Crippen molar-refractivity contribution in [2.45, 2.75) is 20.0 Å². The third-order valence-electron chi connectivity index (χ3n) is 2.87. The number of hydrogen-bond acceptors (Lipinski definition) is 6. The molecule has 0 spiro atoms. The molecule has 1 aromatic carbocycles. The van der Waals surface area contributed by atoms with Gasteiger partial charge in [-0.2, -0.15) is 0 Å². The fourth-order valence-corrected chi connectivity index (χ4v) is 1.90. The first kappa shape index (κ1) is 15.5. The number of rotatable bonds is 5. The molecule has 1 aliphatic heterocycles. The molecule has 0 bridgehead atoms. The molecule has 1 aliphatic rings. The number of ether oxygens (including phenoxy) is 1. The minimum absolute atomic E-state index is 0.0214. The average molecular weight is 305 g/mol. The molecule has 1 N–H and O–H groups in total. The lowest BCUT2D eigenvalue weighted by atomic mass is 10.1. The Morgan fingerprint density at radius 3 is 2.73 bits per heavy atom. The van der Waals surface area contributed by atoms with E-state index in [0.717, 1.165) is 0 Å². The van der Waals surface area contributed by atoms with Crippen molar-refractivity contribution in [3.63, 3.8) is 0 Å². The van der Waals surface area contributed by atoms with Crippen LogP contribution in [0.5, 0.6) is 11.5 Å². The number of benzene rings is 1. The smallest absolute Gasteiger partial charge is 0.315 e. The molecule has 0 aliphatic carbocycles. The molecule has 8 nitrogen and oxygen atoms in total. The number of nitrogens with zero attached hydrogens (tertiary/aromatic N) is 3. The second-order valence-corrected chi connectivity index (χ2v) is 4.89. The monoisotopic (exact) mass is 305 g/mol. The summed E-state index contributed by atoms with van der Waals surface area (Å²) in [6, 6.07) is 2.71. The van der Waals surface area contributed by atoms with Gasteiger partial charge >= 0.3 is 5.69 Å². The summed E-state index contributed by atoms with van der Waals surface area (Å²) in [5.74, 6) is -0.495. The van der Waals surface area contributed by atoms with Crippen molar-refractivity contribution >= 4 is 17.8 Å². The van der Waals surface area contributed by atoms with Crippen LogP contribution in [-0.2, 0) is 4.79 Å². The Balaban J connectivity index is 2.46. The lowest BCUT2D eigenvalue weighted by molar-refractivity contribution is -0.386. The molecule has 0 unspecified atom stereocenters. The molecule has 2 rings (SSSR count). The molecule has 0 aromatic heterocycles. The topological polar surface area (TPSA) is 105 Å². The number of aliphatic imine (C=N–C) groups is 1.